The Balaban J connectivity index is 2.37. The number of nitro groups is 1. The summed E-state index contributed by atoms with van der Waals surface area (Å²) in [6, 6.07) is 5.73. The van der Waals surface area contributed by atoms with Crippen LogP contribution in [0.5, 0.6) is 0 Å². The quantitative estimate of drug-likeness (QED) is 0.403. The summed E-state index contributed by atoms with van der Waals surface area (Å²) in [5.74, 6) is -0.247. The first-order chi connectivity index (χ1) is 10.6. The molecule has 122 valence electrons. The van der Waals surface area contributed by atoms with Crippen molar-refractivity contribution in [1.82, 2.24) is 0 Å². The molecule has 0 saturated heterocycles. The Morgan fingerprint density at radius 2 is 1.95 bits per heavy atom. The number of rotatable bonds is 10. The van der Waals surface area contributed by atoms with Gasteiger partial charge in [0.15, 0.2) is 0 Å². The van der Waals surface area contributed by atoms with Gasteiger partial charge in [-0.3, -0.25) is 14.9 Å². The summed E-state index contributed by atoms with van der Waals surface area (Å²) in [7, 11) is 0. The number of hydrogen-bond acceptors (Lipinski definition) is 4. The number of carbonyl (C=O) groups excluding carboxylic acids is 1. The number of nitrogens with zero attached hydrogens (tertiary/aromatic N) is 1. The number of hydrogen-bond donors (Lipinski definition) is 1. The molecule has 0 spiro atoms. The fourth-order valence-corrected chi connectivity index (χ4v) is 2.08. The van der Waals surface area contributed by atoms with Gasteiger partial charge in [0.05, 0.1) is 11.0 Å². The van der Waals surface area contributed by atoms with Crippen molar-refractivity contribution in [1.29, 1.82) is 0 Å². The summed E-state index contributed by atoms with van der Waals surface area (Å²) >= 11 is 0. The van der Waals surface area contributed by atoms with Crippen LogP contribution in [0.4, 0.5) is 11.4 Å². The molecule has 0 aliphatic rings. The third-order valence-corrected chi connectivity index (χ3v) is 3.40. The zero-order valence-electron chi connectivity index (χ0n) is 13.2. The first-order valence-corrected chi connectivity index (χ1v) is 7.72. The molecule has 22 heavy (non-hydrogen) atoms. The number of ether oxygens (including phenoxy) is 1. The number of nitro benzene ring substituents is 1. The molecule has 1 N–H and O–H groups in total. The predicted octanol–water partition coefficient (Wildman–Crippen LogP) is 3.91. The van der Waals surface area contributed by atoms with E-state index >= 15 is 0 Å². The minimum Gasteiger partial charge on any atom is -0.368 e. The van der Waals surface area contributed by atoms with Gasteiger partial charge in [-0.05, 0) is 25.0 Å². The number of carbonyl (C=O) groups is 1. The molecule has 1 unspecified atom stereocenters. The lowest BCUT2D eigenvalue weighted by molar-refractivity contribution is -0.384. The summed E-state index contributed by atoms with van der Waals surface area (Å²) < 4.78 is 5.61. The highest BCUT2D eigenvalue weighted by Crippen LogP contribution is 2.15. The van der Waals surface area contributed by atoms with Gasteiger partial charge in [0.2, 0.25) is 5.91 Å². The normalized spacial score (nSPS) is 11.9. The lowest BCUT2D eigenvalue weighted by atomic mass is 10.1. The van der Waals surface area contributed by atoms with E-state index < -0.39 is 4.92 Å². The molecule has 0 aromatic heterocycles. The molecule has 0 aliphatic carbocycles. The smallest absolute Gasteiger partial charge is 0.269 e. The second kappa shape index (κ2) is 9.89. The van der Waals surface area contributed by atoms with E-state index in [0.717, 1.165) is 25.7 Å². The molecule has 0 radical (unpaired) electrons. The van der Waals surface area contributed by atoms with E-state index in [9.17, 15) is 14.9 Å². The Labute approximate surface area is 131 Å². The summed E-state index contributed by atoms with van der Waals surface area (Å²) in [5, 5.41) is 13.2. The molecule has 1 rings (SSSR count). The molecular weight excluding hydrogens is 284 g/mol. The largest absolute Gasteiger partial charge is 0.368 e. The Bertz CT molecular complexity index is 474. The molecule has 0 fully saturated rings. The molecule has 6 heteroatoms. The molecule has 1 amide bonds. The van der Waals surface area contributed by atoms with Gasteiger partial charge in [0.25, 0.3) is 5.69 Å². The van der Waals surface area contributed by atoms with Crippen LogP contribution in [0.15, 0.2) is 24.3 Å². The summed E-state index contributed by atoms with van der Waals surface area (Å²) in [5.41, 5.74) is 0.523. The van der Waals surface area contributed by atoms with Crippen molar-refractivity contribution >= 4 is 17.3 Å². The number of anilines is 1. The zero-order chi connectivity index (χ0) is 16.4. The van der Waals surface area contributed by atoms with E-state index in [2.05, 4.69) is 12.2 Å². The number of amides is 1. The summed E-state index contributed by atoms with van der Waals surface area (Å²) in [6.45, 7) is 4.20. The molecule has 1 aromatic rings. The fourth-order valence-electron chi connectivity index (χ4n) is 2.08. The highest BCUT2D eigenvalue weighted by molar-refractivity contribution is 5.91. The van der Waals surface area contributed by atoms with Crippen LogP contribution in [0.25, 0.3) is 0 Å². The Hall–Kier alpha value is -1.95. The first-order valence-electron chi connectivity index (χ1n) is 7.72. The van der Waals surface area contributed by atoms with Crippen molar-refractivity contribution in [2.75, 3.05) is 11.9 Å². The van der Waals surface area contributed by atoms with Crippen LogP contribution < -0.4 is 5.32 Å². The third kappa shape index (κ3) is 6.67. The molecule has 0 aliphatic heterocycles. The van der Waals surface area contributed by atoms with Crippen molar-refractivity contribution in [2.45, 2.75) is 52.1 Å². The lowest BCUT2D eigenvalue weighted by Crippen LogP contribution is -2.23. The van der Waals surface area contributed by atoms with Crippen molar-refractivity contribution in [3.8, 4) is 0 Å². The second-order valence-corrected chi connectivity index (χ2v) is 5.19. The Morgan fingerprint density at radius 1 is 1.27 bits per heavy atom. The lowest BCUT2D eigenvalue weighted by Gasteiger charge is -2.15. The van der Waals surface area contributed by atoms with Gasteiger partial charge in [0, 0.05) is 17.8 Å². The highest BCUT2D eigenvalue weighted by Gasteiger charge is 2.10. The van der Waals surface area contributed by atoms with Gasteiger partial charge >= 0.3 is 0 Å². The maximum Gasteiger partial charge on any atom is 0.269 e. The topological polar surface area (TPSA) is 81.5 Å². The molecule has 0 heterocycles. The van der Waals surface area contributed by atoms with Gasteiger partial charge in [0.1, 0.15) is 6.61 Å². The minimum atomic E-state index is -0.475. The average molecular weight is 308 g/mol. The SMILES string of the molecule is CCCCCC(CC)OCC(=O)Nc1ccc([N+](=O)[O-])cc1. The van der Waals surface area contributed by atoms with Crippen LogP contribution in [0.1, 0.15) is 46.0 Å². The minimum absolute atomic E-state index is 0.00161. The van der Waals surface area contributed by atoms with E-state index in [1.807, 2.05) is 6.92 Å². The van der Waals surface area contributed by atoms with Crippen molar-refractivity contribution < 1.29 is 14.5 Å². The average Bonchev–Trinajstić information content (AvgIpc) is 2.51. The maximum atomic E-state index is 11.8. The molecule has 0 saturated carbocycles. The van der Waals surface area contributed by atoms with Crippen molar-refractivity contribution in [2.24, 2.45) is 0 Å². The molecule has 6 nitrogen and oxygen atoms in total. The highest BCUT2D eigenvalue weighted by atomic mass is 16.6. The van der Waals surface area contributed by atoms with E-state index in [0.29, 0.717) is 5.69 Å². The third-order valence-electron chi connectivity index (χ3n) is 3.40. The van der Waals surface area contributed by atoms with Gasteiger partial charge in [-0.2, -0.15) is 0 Å². The van der Waals surface area contributed by atoms with E-state index in [-0.39, 0.29) is 24.3 Å². The van der Waals surface area contributed by atoms with Gasteiger partial charge < -0.3 is 10.1 Å². The van der Waals surface area contributed by atoms with E-state index in [1.54, 1.807) is 0 Å². The molecule has 0 bridgehead atoms. The second-order valence-electron chi connectivity index (χ2n) is 5.19. The van der Waals surface area contributed by atoms with E-state index in [4.69, 9.17) is 4.74 Å². The van der Waals surface area contributed by atoms with Crippen LogP contribution in [-0.4, -0.2) is 23.5 Å². The van der Waals surface area contributed by atoms with Crippen molar-refractivity contribution in [3.05, 3.63) is 34.4 Å². The maximum absolute atomic E-state index is 11.8. The van der Waals surface area contributed by atoms with Gasteiger partial charge in [-0.25, -0.2) is 0 Å². The van der Waals surface area contributed by atoms with Gasteiger partial charge in [-0.1, -0.05) is 33.1 Å². The van der Waals surface area contributed by atoms with Crippen LogP contribution in [0.2, 0.25) is 0 Å². The molecule has 1 aromatic carbocycles. The first kappa shape index (κ1) is 18.1. The van der Waals surface area contributed by atoms with Crippen LogP contribution >= 0.6 is 0 Å². The van der Waals surface area contributed by atoms with Crippen LogP contribution in [0.3, 0.4) is 0 Å². The summed E-state index contributed by atoms with van der Waals surface area (Å²) in [4.78, 5) is 21.9. The van der Waals surface area contributed by atoms with E-state index in [1.165, 1.54) is 30.7 Å². The number of non-ortho nitro benzene ring substituents is 1. The van der Waals surface area contributed by atoms with Crippen molar-refractivity contribution in [3.63, 3.8) is 0 Å². The van der Waals surface area contributed by atoms with Crippen LogP contribution in [0, 0.1) is 10.1 Å². The number of unbranched alkanes of at least 4 members (excludes halogenated alkanes) is 2. The number of nitrogens with one attached hydrogen (secondary N) is 1. The standard InChI is InChI=1S/C16H24N2O4/c1-3-5-6-7-15(4-2)22-12-16(19)17-13-8-10-14(11-9-13)18(20)21/h8-11,15H,3-7,12H2,1-2H3,(H,17,19). The van der Waals surface area contributed by atoms with Crippen LogP contribution in [-0.2, 0) is 9.53 Å². The van der Waals surface area contributed by atoms with Gasteiger partial charge in [-0.15, -0.1) is 0 Å². The fraction of sp³-hybridized carbons (Fsp3) is 0.562. The zero-order valence-corrected chi connectivity index (χ0v) is 13.2. The Kier molecular flexibility index (Phi) is 8.14. The number of benzene rings is 1. The molecule has 1 atom stereocenters. The summed E-state index contributed by atoms with van der Waals surface area (Å²) in [6.07, 6.45) is 5.41. The predicted molar refractivity (Wildman–Crippen MR) is 85.9 cm³/mol. The monoisotopic (exact) mass is 308 g/mol. The molecular formula is C16H24N2O4. The Morgan fingerprint density at radius 3 is 2.50 bits per heavy atom.